The molecule has 2 atom stereocenters. The first-order valence-electron chi connectivity index (χ1n) is 12.3. The third-order valence-corrected chi connectivity index (χ3v) is 6.62. The van der Waals surface area contributed by atoms with E-state index in [1.807, 2.05) is 25.7 Å². The molecule has 0 bridgehead atoms. The Balaban J connectivity index is 1.72. The number of benzene rings is 1. The Morgan fingerprint density at radius 1 is 1.25 bits per heavy atom. The zero-order valence-corrected chi connectivity index (χ0v) is 21.2. The lowest BCUT2D eigenvalue weighted by Crippen LogP contribution is -2.43. The van der Waals surface area contributed by atoms with Gasteiger partial charge in [0, 0.05) is 25.7 Å². The average Bonchev–Trinajstić information content (AvgIpc) is 3.31. The molecule has 1 aliphatic rings. The van der Waals surface area contributed by atoms with Crippen molar-refractivity contribution in [2.45, 2.75) is 65.8 Å². The molecule has 1 saturated heterocycles. The van der Waals surface area contributed by atoms with Crippen LogP contribution in [0.25, 0.3) is 0 Å². The van der Waals surface area contributed by atoms with Crippen LogP contribution in [0.5, 0.6) is 0 Å². The van der Waals surface area contributed by atoms with E-state index in [1.165, 1.54) is 12.3 Å². The highest BCUT2D eigenvalue weighted by Crippen LogP contribution is 2.30. The molecule has 1 amide bonds. The molecular weight excluding hydrogens is 475 g/mol. The third-order valence-electron chi connectivity index (χ3n) is 6.62. The van der Waals surface area contributed by atoms with Crippen molar-refractivity contribution in [3.63, 3.8) is 0 Å². The first-order chi connectivity index (χ1) is 17.0. The number of carbonyl (C=O) groups excluding carboxylic acids is 2. The summed E-state index contributed by atoms with van der Waals surface area (Å²) in [5.41, 5.74) is -0.0203. The standard InChI is InChI=1S/C26H34F3N3O4/c1-5-35-25(34)20-9-7-11-31(14-20)24(33)22-16-36-23(30-22)15-32(18(4)17(2)3)13-19-8-6-10-21(12-19)26(27,28)29/h6,8,10,12,16-18,20H,5,7,9,11,13-15H2,1-4H3/t18-,20-/m0/s1. The van der Waals surface area contributed by atoms with E-state index in [4.69, 9.17) is 9.15 Å². The zero-order valence-electron chi connectivity index (χ0n) is 21.2. The van der Waals surface area contributed by atoms with E-state index in [9.17, 15) is 22.8 Å². The van der Waals surface area contributed by atoms with Crippen molar-refractivity contribution in [1.29, 1.82) is 0 Å². The van der Waals surface area contributed by atoms with Gasteiger partial charge in [0.05, 0.1) is 24.6 Å². The van der Waals surface area contributed by atoms with Gasteiger partial charge in [0.25, 0.3) is 5.91 Å². The molecule has 1 aromatic heterocycles. The Kier molecular flexibility index (Phi) is 9.16. The topological polar surface area (TPSA) is 75.9 Å². The molecule has 1 aliphatic heterocycles. The monoisotopic (exact) mass is 509 g/mol. The van der Waals surface area contributed by atoms with Crippen LogP contribution in [-0.2, 0) is 28.8 Å². The minimum absolute atomic E-state index is 0.0121. The van der Waals surface area contributed by atoms with Gasteiger partial charge in [-0.2, -0.15) is 13.2 Å². The maximum absolute atomic E-state index is 13.2. The predicted molar refractivity (Wildman–Crippen MR) is 127 cm³/mol. The highest BCUT2D eigenvalue weighted by molar-refractivity contribution is 5.92. The van der Waals surface area contributed by atoms with E-state index in [-0.39, 0.29) is 55.1 Å². The van der Waals surface area contributed by atoms with E-state index >= 15 is 0 Å². The number of amides is 1. The lowest BCUT2D eigenvalue weighted by atomic mass is 9.98. The summed E-state index contributed by atoms with van der Waals surface area (Å²) in [6, 6.07) is 5.29. The summed E-state index contributed by atoms with van der Waals surface area (Å²) in [6.45, 7) is 9.38. The summed E-state index contributed by atoms with van der Waals surface area (Å²) in [5, 5.41) is 0. The fraction of sp³-hybridized carbons (Fsp3) is 0.577. The van der Waals surface area contributed by atoms with Crippen LogP contribution in [0.3, 0.4) is 0 Å². The maximum Gasteiger partial charge on any atom is 0.416 e. The van der Waals surface area contributed by atoms with E-state index in [1.54, 1.807) is 17.9 Å². The van der Waals surface area contributed by atoms with Gasteiger partial charge in [-0.25, -0.2) is 4.98 Å². The zero-order chi connectivity index (χ0) is 26.5. The van der Waals surface area contributed by atoms with Gasteiger partial charge in [0.1, 0.15) is 6.26 Å². The van der Waals surface area contributed by atoms with Crippen LogP contribution in [0.2, 0.25) is 0 Å². The molecule has 0 spiro atoms. The Morgan fingerprint density at radius 3 is 2.67 bits per heavy atom. The number of hydrogen-bond donors (Lipinski definition) is 0. The molecule has 3 rings (SSSR count). The molecule has 0 saturated carbocycles. The number of hydrogen-bond acceptors (Lipinski definition) is 6. The summed E-state index contributed by atoms with van der Waals surface area (Å²) < 4.78 is 50.2. The number of alkyl halides is 3. The molecule has 0 radical (unpaired) electrons. The Morgan fingerprint density at radius 2 is 2.00 bits per heavy atom. The van der Waals surface area contributed by atoms with E-state index in [2.05, 4.69) is 4.98 Å². The van der Waals surface area contributed by atoms with Gasteiger partial charge in [-0.3, -0.25) is 14.5 Å². The smallest absolute Gasteiger partial charge is 0.416 e. The fourth-order valence-electron chi connectivity index (χ4n) is 4.28. The molecule has 2 heterocycles. The molecule has 0 N–H and O–H groups in total. The van der Waals surface area contributed by atoms with Crippen molar-refractivity contribution in [1.82, 2.24) is 14.8 Å². The number of piperidine rings is 1. The van der Waals surface area contributed by atoms with Crippen LogP contribution in [0.15, 0.2) is 34.9 Å². The third kappa shape index (κ3) is 7.09. The number of ether oxygens (including phenoxy) is 1. The van der Waals surface area contributed by atoms with E-state index in [0.717, 1.165) is 12.1 Å². The number of rotatable bonds is 9. The Hall–Kier alpha value is -2.88. The van der Waals surface area contributed by atoms with Crippen molar-refractivity contribution < 1.29 is 31.9 Å². The molecule has 10 heteroatoms. The lowest BCUT2D eigenvalue weighted by Gasteiger charge is -2.31. The van der Waals surface area contributed by atoms with Crippen LogP contribution in [0, 0.1) is 11.8 Å². The van der Waals surface area contributed by atoms with Gasteiger partial charge in [0.15, 0.2) is 5.69 Å². The first kappa shape index (κ1) is 27.7. The second kappa shape index (κ2) is 11.9. The Labute approximate surface area is 209 Å². The summed E-state index contributed by atoms with van der Waals surface area (Å²) in [7, 11) is 0. The summed E-state index contributed by atoms with van der Waals surface area (Å²) in [4.78, 5) is 33.1. The molecule has 36 heavy (non-hydrogen) atoms. The minimum atomic E-state index is -4.41. The van der Waals surface area contributed by atoms with Crippen molar-refractivity contribution >= 4 is 11.9 Å². The van der Waals surface area contributed by atoms with Crippen molar-refractivity contribution in [2.75, 3.05) is 19.7 Å². The average molecular weight is 510 g/mol. The molecule has 1 fully saturated rings. The number of esters is 1. The van der Waals surface area contributed by atoms with E-state index < -0.39 is 11.7 Å². The number of carbonyl (C=O) groups is 2. The van der Waals surface area contributed by atoms with Crippen LogP contribution in [0.4, 0.5) is 13.2 Å². The number of nitrogens with zero attached hydrogens (tertiary/aromatic N) is 3. The predicted octanol–water partition coefficient (Wildman–Crippen LogP) is 5.16. The van der Waals surface area contributed by atoms with Gasteiger partial charge in [-0.05, 0) is 44.2 Å². The van der Waals surface area contributed by atoms with Crippen LogP contribution < -0.4 is 0 Å². The molecule has 2 aromatic rings. The highest BCUT2D eigenvalue weighted by Gasteiger charge is 2.32. The summed E-state index contributed by atoms with van der Waals surface area (Å²) in [6.07, 6.45) is -1.75. The second-order valence-electron chi connectivity index (χ2n) is 9.56. The number of likely N-dealkylation sites (tertiary alicyclic amines) is 1. The molecule has 198 valence electrons. The lowest BCUT2D eigenvalue weighted by molar-refractivity contribution is -0.149. The quantitative estimate of drug-likeness (QED) is 0.435. The van der Waals surface area contributed by atoms with Gasteiger partial charge in [-0.1, -0.05) is 32.0 Å². The van der Waals surface area contributed by atoms with Crippen molar-refractivity contribution in [3.05, 3.63) is 53.2 Å². The van der Waals surface area contributed by atoms with Gasteiger partial charge >= 0.3 is 12.1 Å². The van der Waals surface area contributed by atoms with Crippen LogP contribution in [0.1, 0.15) is 68.0 Å². The highest BCUT2D eigenvalue weighted by atomic mass is 19.4. The molecule has 0 unspecified atom stereocenters. The van der Waals surface area contributed by atoms with Gasteiger partial charge < -0.3 is 14.1 Å². The van der Waals surface area contributed by atoms with E-state index in [0.29, 0.717) is 37.4 Å². The van der Waals surface area contributed by atoms with Crippen molar-refractivity contribution in [2.24, 2.45) is 11.8 Å². The van der Waals surface area contributed by atoms with Gasteiger partial charge in [-0.15, -0.1) is 0 Å². The first-order valence-corrected chi connectivity index (χ1v) is 12.3. The van der Waals surface area contributed by atoms with Crippen LogP contribution in [-0.4, -0.2) is 52.4 Å². The number of oxazole rings is 1. The normalized spacial score (nSPS) is 17.5. The Bertz CT molecular complexity index is 1040. The summed E-state index contributed by atoms with van der Waals surface area (Å²) >= 11 is 0. The maximum atomic E-state index is 13.2. The second-order valence-corrected chi connectivity index (χ2v) is 9.56. The number of halogens is 3. The van der Waals surface area contributed by atoms with Crippen LogP contribution >= 0.6 is 0 Å². The SMILES string of the molecule is CCOC(=O)[C@H]1CCCN(C(=O)c2coc(CN(Cc3cccc(C(F)(F)F)c3)[C@@H](C)C(C)C)n2)C1. The molecule has 0 aliphatic carbocycles. The van der Waals surface area contributed by atoms with Gasteiger partial charge in [0.2, 0.25) is 5.89 Å². The minimum Gasteiger partial charge on any atom is -0.466 e. The summed E-state index contributed by atoms with van der Waals surface area (Å²) in [5.74, 6) is -0.454. The molecular formula is C26H34F3N3O4. The fourth-order valence-corrected chi connectivity index (χ4v) is 4.28. The number of aromatic nitrogens is 1. The van der Waals surface area contributed by atoms with Crippen molar-refractivity contribution in [3.8, 4) is 0 Å². The molecule has 1 aromatic carbocycles. The largest absolute Gasteiger partial charge is 0.466 e. The molecule has 7 nitrogen and oxygen atoms in total.